The van der Waals surface area contributed by atoms with Crippen LogP contribution in [0.3, 0.4) is 0 Å². The third-order valence-electron chi connectivity index (χ3n) is 1.82. The smallest absolute Gasteiger partial charge is 0.280 e. The minimum atomic E-state index is -1.39. The normalized spacial score (nSPS) is 11.4. The van der Waals surface area contributed by atoms with Crippen LogP contribution in [0.5, 0.6) is 0 Å². The first kappa shape index (κ1) is 13.1. The summed E-state index contributed by atoms with van der Waals surface area (Å²) in [5.41, 5.74) is -0.685. The third kappa shape index (κ3) is 3.24. The van der Waals surface area contributed by atoms with Gasteiger partial charge in [0.05, 0.1) is 18.2 Å². The fraction of sp³-hybridized carbons (Fsp3) is 0.182. The van der Waals surface area contributed by atoms with Crippen LogP contribution in [0.4, 0.5) is 13.2 Å². The molecule has 0 aliphatic carbocycles. The maximum atomic E-state index is 13.1. The quantitative estimate of drug-likeness (QED) is 0.384. The molecular formula is C11H9F3O3. The van der Waals surface area contributed by atoms with Gasteiger partial charge in [0.1, 0.15) is 5.82 Å². The molecule has 0 heterocycles. The van der Waals surface area contributed by atoms with Crippen LogP contribution in [0.1, 0.15) is 17.3 Å². The van der Waals surface area contributed by atoms with Crippen LogP contribution in [0.15, 0.2) is 24.2 Å². The van der Waals surface area contributed by atoms with Gasteiger partial charge in [0.25, 0.3) is 5.95 Å². The van der Waals surface area contributed by atoms with Gasteiger partial charge >= 0.3 is 0 Å². The number of allylic oxidation sites excluding steroid dienone is 1. The Labute approximate surface area is 95.1 Å². The number of hydrogen-bond donors (Lipinski definition) is 1. The number of aliphatic hydroxyl groups is 1. The first-order valence-corrected chi connectivity index (χ1v) is 4.68. The number of ether oxygens (including phenoxy) is 1. The van der Waals surface area contributed by atoms with Gasteiger partial charge in [-0.2, -0.15) is 0 Å². The average Bonchev–Trinajstić information content (AvgIpc) is 2.23. The first-order chi connectivity index (χ1) is 7.95. The molecule has 0 saturated heterocycles. The molecular weight excluding hydrogens is 237 g/mol. The molecule has 1 N–H and O–H groups in total. The number of carbonyl (C=O) groups excluding carboxylic acids is 1. The van der Waals surface area contributed by atoms with Gasteiger partial charge in [-0.1, -0.05) is 0 Å². The van der Waals surface area contributed by atoms with Crippen LogP contribution in [0.25, 0.3) is 0 Å². The first-order valence-electron chi connectivity index (χ1n) is 4.68. The molecule has 6 heteroatoms. The zero-order chi connectivity index (χ0) is 13.0. The summed E-state index contributed by atoms with van der Waals surface area (Å²) < 4.78 is 43.1. The highest BCUT2D eigenvalue weighted by Crippen LogP contribution is 2.15. The van der Waals surface area contributed by atoms with Gasteiger partial charge in [-0.15, -0.1) is 0 Å². The number of benzene rings is 1. The molecule has 0 radical (unpaired) electrons. The molecule has 0 spiro atoms. The molecule has 0 bridgehead atoms. The number of ketones is 1. The molecule has 0 unspecified atom stereocenters. The maximum Gasteiger partial charge on any atom is 0.280 e. The van der Waals surface area contributed by atoms with E-state index in [0.29, 0.717) is 12.1 Å². The van der Waals surface area contributed by atoms with E-state index in [1.165, 1.54) is 0 Å². The number of hydrogen-bond acceptors (Lipinski definition) is 3. The summed E-state index contributed by atoms with van der Waals surface area (Å²) in [5.74, 6) is -5.69. The van der Waals surface area contributed by atoms with E-state index < -0.39 is 34.7 Å². The molecule has 1 aromatic rings. The van der Waals surface area contributed by atoms with E-state index in [1.807, 2.05) is 0 Å². The number of halogens is 3. The Morgan fingerprint density at radius 3 is 2.47 bits per heavy atom. The van der Waals surface area contributed by atoms with Crippen molar-refractivity contribution in [3.63, 3.8) is 0 Å². The van der Waals surface area contributed by atoms with Crippen molar-refractivity contribution in [3.8, 4) is 0 Å². The lowest BCUT2D eigenvalue weighted by molar-refractivity contribution is 0.0918. The Bertz CT molecular complexity index is 469. The maximum absolute atomic E-state index is 13.1. The Kier molecular flexibility index (Phi) is 4.14. The highest BCUT2D eigenvalue weighted by atomic mass is 19.2. The van der Waals surface area contributed by atoms with Crippen molar-refractivity contribution in [2.75, 3.05) is 6.61 Å². The van der Waals surface area contributed by atoms with E-state index in [1.54, 1.807) is 6.92 Å². The minimum Gasteiger partial charge on any atom is -0.481 e. The lowest BCUT2D eigenvalue weighted by Gasteiger charge is -2.02. The standard InChI is InChI=1S/C11H9F3O3/c1-2-17-11(16)5-10(15)6-3-8(13)9(14)4-7(6)12/h3-5,16H,2H2,1H3/b11-5+. The van der Waals surface area contributed by atoms with E-state index in [2.05, 4.69) is 4.74 Å². The van der Waals surface area contributed by atoms with Crippen LogP contribution in [0, 0.1) is 17.5 Å². The molecule has 3 nitrogen and oxygen atoms in total. The second kappa shape index (κ2) is 5.38. The fourth-order valence-electron chi connectivity index (χ4n) is 1.09. The van der Waals surface area contributed by atoms with Gasteiger partial charge in [-0.05, 0) is 13.0 Å². The lowest BCUT2D eigenvalue weighted by Crippen LogP contribution is -2.04. The summed E-state index contributed by atoms with van der Waals surface area (Å²) in [7, 11) is 0. The monoisotopic (exact) mass is 246 g/mol. The van der Waals surface area contributed by atoms with Gasteiger partial charge in [-0.3, -0.25) is 4.79 Å². The molecule has 0 fully saturated rings. The van der Waals surface area contributed by atoms with Crippen LogP contribution < -0.4 is 0 Å². The minimum absolute atomic E-state index is 0.107. The van der Waals surface area contributed by atoms with Gasteiger partial charge in [0.15, 0.2) is 17.4 Å². The predicted octanol–water partition coefficient (Wildman–Crippen LogP) is 2.72. The number of carbonyl (C=O) groups is 1. The van der Waals surface area contributed by atoms with Gasteiger partial charge in [0.2, 0.25) is 0 Å². The number of rotatable bonds is 4. The van der Waals surface area contributed by atoms with E-state index in [-0.39, 0.29) is 12.7 Å². The Morgan fingerprint density at radius 1 is 1.29 bits per heavy atom. The lowest BCUT2D eigenvalue weighted by atomic mass is 10.1. The second-order valence-electron chi connectivity index (χ2n) is 3.03. The molecule has 0 aromatic heterocycles. The molecule has 1 rings (SSSR count). The van der Waals surface area contributed by atoms with E-state index >= 15 is 0 Å². The summed E-state index contributed by atoms with van der Waals surface area (Å²) >= 11 is 0. The fourth-order valence-corrected chi connectivity index (χ4v) is 1.09. The Hall–Kier alpha value is -1.98. The third-order valence-corrected chi connectivity index (χ3v) is 1.82. The SMILES string of the molecule is CCO/C(O)=C/C(=O)c1cc(F)c(F)cc1F. The molecule has 0 saturated carbocycles. The second-order valence-corrected chi connectivity index (χ2v) is 3.03. The number of aliphatic hydroxyl groups excluding tert-OH is 1. The summed E-state index contributed by atoms with van der Waals surface area (Å²) in [4.78, 5) is 11.4. The van der Waals surface area contributed by atoms with Gasteiger partial charge in [-0.25, -0.2) is 13.2 Å². The van der Waals surface area contributed by atoms with Crippen molar-refractivity contribution < 1.29 is 27.8 Å². The molecule has 0 aliphatic rings. The van der Waals surface area contributed by atoms with Crippen molar-refractivity contribution in [1.82, 2.24) is 0 Å². The van der Waals surface area contributed by atoms with Crippen molar-refractivity contribution in [2.24, 2.45) is 0 Å². The Morgan fingerprint density at radius 2 is 1.88 bits per heavy atom. The van der Waals surface area contributed by atoms with Crippen molar-refractivity contribution in [2.45, 2.75) is 6.92 Å². The van der Waals surface area contributed by atoms with Crippen LogP contribution in [0.2, 0.25) is 0 Å². The van der Waals surface area contributed by atoms with E-state index in [4.69, 9.17) is 5.11 Å². The highest BCUT2D eigenvalue weighted by molar-refractivity contribution is 6.04. The zero-order valence-corrected chi connectivity index (χ0v) is 8.84. The summed E-state index contributed by atoms with van der Waals surface area (Å²) in [5, 5.41) is 9.02. The largest absolute Gasteiger partial charge is 0.481 e. The van der Waals surface area contributed by atoms with Gasteiger partial charge in [0, 0.05) is 6.07 Å². The highest BCUT2D eigenvalue weighted by Gasteiger charge is 2.15. The Balaban J connectivity index is 3.05. The van der Waals surface area contributed by atoms with Crippen LogP contribution >= 0.6 is 0 Å². The summed E-state index contributed by atoms with van der Waals surface area (Å²) in [6.07, 6.45) is 0.583. The van der Waals surface area contributed by atoms with E-state index in [0.717, 1.165) is 0 Å². The van der Waals surface area contributed by atoms with E-state index in [9.17, 15) is 18.0 Å². The molecule has 17 heavy (non-hydrogen) atoms. The average molecular weight is 246 g/mol. The molecule has 0 amide bonds. The van der Waals surface area contributed by atoms with Crippen LogP contribution in [-0.4, -0.2) is 17.5 Å². The predicted molar refractivity (Wildman–Crippen MR) is 53.0 cm³/mol. The molecule has 92 valence electrons. The zero-order valence-electron chi connectivity index (χ0n) is 8.84. The topological polar surface area (TPSA) is 46.5 Å². The van der Waals surface area contributed by atoms with Crippen LogP contribution in [-0.2, 0) is 4.74 Å². The van der Waals surface area contributed by atoms with Crippen molar-refractivity contribution in [1.29, 1.82) is 0 Å². The summed E-state index contributed by atoms with van der Waals surface area (Å²) in [6.45, 7) is 1.67. The van der Waals surface area contributed by atoms with Gasteiger partial charge < -0.3 is 9.84 Å². The summed E-state index contributed by atoms with van der Waals surface area (Å²) in [6, 6.07) is 0.677. The molecule has 1 aromatic carbocycles. The molecule has 0 atom stereocenters. The van der Waals surface area contributed by atoms with Crippen molar-refractivity contribution >= 4 is 5.78 Å². The molecule has 0 aliphatic heterocycles. The van der Waals surface area contributed by atoms with Crippen molar-refractivity contribution in [3.05, 3.63) is 47.2 Å².